The van der Waals surface area contributed by atoms with Gasteiger partial charge in [-0.2, -0.15) is 5.26 Å². The maximum atomic E-state index is 8.92. The zero-order valence-electron chi connectivity index (χ0n) is 10.2. The Balaban J connectivity index is 2.50. The van der Waals surface area contributed by atoms with Crippen LogP contribution in [0.2, 0.25) is 0 Å². The number of para-hydroxylation sites is 1. The molecule has 0 saturated carbocycles. The van der Waals surface area contributed by atoms with Crippen LogP contribution in [0, 0.1) is 11.3 Å². The van der Waals surface area contributed by atoms with Crippen LogP contribution < -0.4 is 0 Å². The molecular formula is C15H16N2. The third kappa shape index (κ3) is 2.39. The van der Waals surface area contributed by atoms with E-state index in [-0.39, 0.29) is 0 Å². The molecule has 0 aliphatic heterocycles. The number of nitrogens with one attached hydrogen (secondary N) is 1. The first-order valence-electron chi connectivity index (χ1n) is 5.81. The van der Waals surface area contributed by atoms with E-state index in [4.69, 9.17) is 5.26 Å². The van der Waals surface area contributed by atoms with E-state index in [2.05, 4.69) is 43.1 Å². The number of fused-ring (bicyclic) bond motifs is 1. The van der Waals surface area contributed by atoms with Gasteiger partial charge in [0.1, 0.15) is 0 Å². The molecule has 2 nitrogen and oxygen atoms in total. The number of hydrogen-bond donors (Lipinski definition) is 1. The van der Waals surface area contributed by atoms with Gasteiger partial charge in [0.15, 0.2) is 0 Å². The highest BCUT2D eigenvalue weighted by atomic mass is 14.7. The summed E-state index contributed by atoms with van der Waals surface area (Å²) >= 11 is 0. The van der Waals surface area contributed by atoms with Crippen molar-refractivity contribution in [3.05, 3.63) is 47.2 Å². The summed E-state index contributed by atoms with van der Waals surface area (Å²) in [5.74, 6) is 0. The lowest BCUT2D eigenvalue weighted by Crippen LogP contribution is -1.89. The van der Waals surface area contributed by atoms with Crippen molar-refractivity contribution in [1.82, 2.24) is 4.98 Å². The van der Waals surface area contributed by atoms with Crippen molar-refractivity contribution in [2.24, 2.45) is 0 Å². The average Bonchev–Trinajstić information content (AvgIpc) is 2.66. The van der Waals surface area contributed by atoms with Gasteiger partial charge in [0.05, 0.1) is 12.5 Å². The van der Waals surface area contributed by atoms with Crippen molar-refractivity contribution >= 4 is 10.9 Å². The molecule has 2 aromatic rings. The van der Waals surface area contributed by atoms with Crippen molar-refractivity contribution in [3.8, 4) is 6.07 Å². The van der Waals surface area contributed by atoms with Crippen molar-refractivity contribution < 1.29 is 0 Å². The summed E-state index contributed by atoms with van der Waals surface area (Å²) in [6.45, 7) is 4.18. The first kappa shape index (κ1) is 11.5. The molecule has 2 rings (SSSR count). The molecule has 1 N–H and O–H groups in total. The fraction of sp³-hybridized carbons (Fsp3) is 0.267. The SMILES string of the molecule is CC(C)=CCc1[nH]c2ccccc2c1CC#N. The zero-order valence-corrected chi connectivity index (χ0v) is 10.2. The van der Waals surface area contributed by atoms with Gasteiger partial charge in [0.2, 0.25) is 0 Å². The standard InChI is InChI=1S/C15H16N2/c1-11(2)7-8-15-13(9-10-16)12-5-3-4-6-14(12)17-15/h3-7,17H,8-9H2,1-2H3. The molecule has 0 aliphatic rings. The van der Waals surface area contributed by atoms with Crippen molar-refractivity contribution in [2.75, 3.05) is 0 Å². The molecule has 1 heterocycles. The van der Waals surface area contributed by atoms with Crippen molar-refractivity contribution in [1.29, 1.82) is 5.26 Å². The maximum Gasteiger partial charge on any atom is 0.0670 e. The summed E-state index contributed by atoms with van der Waals surface area (Å²) in [5, 5.41) is 10.1. The first-order chi connectivity index (χ1) is 8.22. The van der Waals surface area contributed by atoms with Gasteiger partial charge in [0.25, 0.3) is 0 Å². The molecule has 1 aromatic carbocycles. The maximum absolute atomic E-state index is 8.92. The van der Waals surface area contributed by atoms with Crippen molar-refractivity contribution in [3.63, 3.8) is 0 Å². The molecule has 0 saturated heterocycles. The lowest BCUT2D eigenvalue weighted by molar-refractivity contribution is 1.09. The lowest BCUT2D eigenvalue weighted by atomic mass is 10.1. The second-order valence-electron chi connectivity index (χ2n) is 4.45. The highest BCUT2D eigenvalue weighted by Crippen LogP contribution is 2.23. The highest BCUT2D eigenvalue weighted by Gasteiger charge is 2.09. The van der Waals surface area contributed by atoms with Crippen LogP contribution in [0.1, 0.15) is 25.1 Å². The minimum Gasteiger partial charge on any atom is -0.358 e. The monoisotopic (exact) mass is 224 g/mol. The Morgan fingerprint density at radius 3 is 2.82 bits per heavy atom. The summed E-state index contributed by atoms with van der Waals surface area (Å²) in [5.41, 5.74) is 4.72. The van der Waals surface area contributed by atoms with E-state index < -0.39 is 0 Å². The predicted octanol–water partition coefficient (Wildman–Crippen LogP) is 3.74. The van der Waals surface area contributed by atoms with Crippen LogP contribution in [-0.2, 0) is 12.8 Å². The van der Waals surface area contributed by atoms with E-state index in [9.17, 15) is 0 Å². The molecule has 86 valence electrons. The quantitative estimate of drug-likeness (QED) is 0.792. The van der Waals surface area contributed by atoms with Crippen LogP contribution in [0.5, 0.6) is 0 Å². The van der Waals surface area contributed by atoms with Gasteiger partial charge in [-0.05, 0) is 25.5 Å². The zero-order chi connectivity index (χ0) is 12.3. The molecule has 0 amide bonds. The summed E-state index contributed by atoms with van der Waals surface area (Å²) in [6.07, 6.45) is 3.52. The lowest BCUT2D eigenvalue weighted by Gasteiger charge is -1.97. The number of rotatable bonds is 3. The van der Waals surface area contributed by atoms with E-state index in [0.717, 1.165) is 23.2 Å². The summed E-state index contributed by atoms with van der Waals surface area (Å²) < 4.78 is 0. The number of allylic oxidation sites excluding steroid dienone is 2. The van der Waals surface area contributed by atoms with Crippen LogP contribution in [0.4, 0.5) is 0 Å². The number of hydrogen-bond acceptors (Lipinski definition) is 1. The Morgan fingerprint density at radius 1 is 1.35 bits per heavy atom. The molecule has 0 atom stereocenters. The fourth-order valence-corrected chi connectivity index (χ4v) is 2.02. The molecule has 0 bridgehead atoms. The van der Waals surface area contributed by atoms with E-state index in [1.165, 1.54) is 11.0 Å². The Labute approximate surface area is 102 Å². The fourth-order valence-electron chi connectivity index (χ4n) is 2.02. The molecule has 1 aromatic heterocycles. The number of nitriles is 1. The van der Waals surface area contributed by atoms with Gasteiger partial charge in [-0.3, -0.25) is 0 Å². The Bertz CT molecular complexity index is 593. The largest absolute Gasteiger partial charge is 0.358 e. The normalized spacial score (nSPS) is 10.2. The number of benzene rings is 1. The molecule has 2 heteroatoms. The Morgan fingerprint density at radius 2 is 2.12 bits per heavy atom. The van der Waals surface area contributed by atoms with Gasteiger partial charge in [-0.25, -0.2) is 0 Å². The van der Waals surface area contributed by atoms with Crippen LogP contribution in [0.3, 0.4) is 0 Å². The Kier molecular flexibility index (Phi) is 3.30. The number of aromatic amines is 1. The predicted molar refractivity (Wildman–Crippen MR) is 70.8 cm³/mol. The molecular weight excluding hydrogens is 208 g/mol. The van der Waals surface area contributed by atoms with Gasteiger partial charge in [0, 0.05) is 23.0 Å². The van der Waals surface area contributed by atoms with Crippen LogP contribution in [-0.4, -0.2) is 4.98 Å². The second-order valence-corrected chi connectivity index (χ2v) is 4.45. The summed E-state index contributed by atoms with van der Waals surface area (Å²) in [7, 11) is 0. The van der Waals surface area contributed by atoms with Crippen LogP contribution in [0.25, 0.3) is 10.9 Å². The van der Waals surface area contributed by atoms with Gasteiger partial charge < -0.3 is 4.98 Å². The van der Waals surface area contributed by atoms with Crippen molar-refractivity contribution in [2.45, 2.75) is 26.7 Å². The van der Waals surface area contributed by atoms with Crippen LogP contribution >= 0.6 is 0 Å². The summed E-state index contributed by atoms with van der Waals surface area (Å²) in [6, 6.07) is 10.4. The molecule has 0 radical (unpaired) electrons. The van der Waals surface area contributed by atoms with E-state index >= 15 is 0 Å². The molecule has 17 heavy (non-hydrogen) atoms. The van der Waals surface area contributed by atoms with E-state index in [1.54, 1.807) is 0 Å². The minimum absolute atomic E-state index is 0.468. The minimum atomic E-state index is 0.468. The number of nitrogens with zero attached hydrogens (tertiary/aromatic N) is 1. The van der Waals surface area contributed by atoms with Gasteiger partial charge in [-0.15, -0.1) is 0 Å². The average molecular weight is 224 g/mol. The Hall–Kier alpha value is -2.01. The first-order valence-corrected chi connectivity index (χ1v) is 5.81. The highest BCUT2D eigenvalue weighted by molar-refractivity contribution is 5.85. The number of H-pyrrole nitrogens is 1. The molecule has 0 aliphatic carbocycles. The third-order valence-electron chi connectivity index (χ3n) is 2.87. The molecule has 0 unspecified atom stereocenters. The van der Waals surface area contributed by atoms with Gasteiger partial charge >= 0.3 is 0 Å². The van der Waals surface area contributed by atoms with E-state index in [1.807, 2.05) is 12.1 Å². The van der Waals surface area contributed by atoms with Crippen LogP contribution in [0.15, 0.2) is 35.9 Å². The molecule has 0 fully saturated rings. The third-order valence-corrected chi connectivity index (χ3v) is 2.87. The number of aromatic nitrogens is 1. The van der Waals surface area contributed by atoms with E-state index in [0.29, 0.717) is 6.42 Å². The molecule has 0 spiro atoms. The summed E-state index contributed by atoms with van der Waals surface area (Å²) in [4.78, 5) is 3.41. The topological polar surface area (TPSA) is 39.6 Å². The smallest absolute Gasteiger partial charge is 0.0670 e. The second kappa shape index (κ2) is 4.88. The van der Waals surface area contributed by atoms with Gasteiger partial charge in [-0.1, -0.05) is 29.8 Å².